The van der Waals surface area contributed by atoms with Gasteiger partial charge in [-0.1, -0.05) is 17.7 Å². The Morgan fingerprint density at radius 3 is 1.74 bits per heavy atom. The van der Waals surface area contributed by atoms with E-state index < -0.39 is 20.3 Å². The standard InChI is InChI=1S/C8H7ClO3S.C7H4Cl2O/c1-13(11,12)7-4-2-6(3-5-7)8(9)10;8-6-3-1-2-5(4-6)7(9)10/h2-5H,1H3;1-4H. The van der Waals surface area contributed by atoms with Gasteiger partial charge in [-0.3, -0.25) is 9.59 Å². The molecular formula is C15H11Cl3O4S. The van der Waals surface area contributed by atoms with Crippen LogP contribution >= 0.6 is 34.8 Å². The molecule has 0 aliphatic carbocycles. The highest BCUT2D eigenvalue weighted by Gasteiger charge is 2.07. The van der Waals surface area contributed by atoms with Gasteiger partial charge < -0.3 is 0 Å². The molecule has 0 atom stereocenters. The Hall–Kier alpha value is -1.40. The van der Waals surface area contributed by atoms with Crippen LogP contribution in [0.5, 0.6) is 0 Å². The third-order valence-corrected chi connectivity index (χ3v) is 4.36. The normalized spacial score (nSPS) is 10.4. The van der Waals surface area contributed by atoms with Crippen molar-refractivity contribution in [2.24, 2.45) is 0 Å². The minimum Gasteiger partial charge on any atom is -0.276 e. The smallest absolute Gasteiger partial charge is 0.252 e. The maximum Gasteiger partial charge on any atom is 0.252 e. The quantitative estimate of drug-likeness (QED) is 0.733. The van der Waals surface area contributed by atoms with Crippen LogP contribution in [0.15, 0.2) is 53.4 Å². The fourth-order valence-electron chi connectivity index (χ4n) is 1.44. The average molecular weight is 394 g/mol. The second-order valence-electron chi connectivity index (χ2n) is 4.35. The summed E-state index contributed by atoms with van der Waals surface area (Å²) in [6, 6.07) is 12.0. The molecule has 0 N–H and O–H groups in total. The van der Waals surface area contributed by atoms with Crippen LogP contribution in [0.2, 0.25) is 5.02 Å². The van der Waals surface area contributed by atoms with E-state index in [0.29, 0.717) is 10.6 Å². The second-order valence-corrected chi connectivity index (χ2v) is 7.49. The molecule has 0 aliphatic rings. The van der Waals surface area contributed by atoms with Gasteiger partial charge in [-0.25, -0.2) is 8.42 Å². The number of hydrogen-bond acceptors (Lipinski definition) is 4. The highest BCUT2D eigenvalue weighted by molar-refractivity contribution is 7.90. The fourth-order valence-corrected chi connectivity index (χ4v) is 2.51. The lowest BCUT2D eigenvalue weighted by atomic mass is 10.2. The van der Waals surface area contributed by atoms with Gasteiger partial charge in [0, 0.05) is 22.4 Å². The van der Waals surface area contributed by atoms with Gasteiger partial charge in [0.05, 0.1) is 4.90 Å². The Kier molecular flexibility index (Phi) is 7.22. The maximum atomic E-state index is 11.0. The highest BCUT2D eigenvalue weighted by Crippen LogP contribution is 2.12. The molecule has 4 nitrogen and oxygen atoms in total. The van der Waals surface area contributed by atoms with Gasteiger partial charge in [0.25, 0.3) is 10.5 Å². The summed E-state index contributed by atoms with van der Waals surface area (Å²) in [6.45, 7) is 0. The van der Waals surface area contributed by atoms with Crippen molar-refractivity contribution in [2.45, 2.75) is 4.90 Å². The van der Waals surface area contributed by atoms with Crippen LogP contribution in [0, 0.1) is 0 Å². The van der Waals surface area contributed by atoms with Crippen LogP contribution < -0.4 is 0 Å². The second kappa shape index (κ2) is 8.45. The fraction of sp³-hybridized carbons (Fsp3) is 0.0667. The molecule has 23 heavy (non-hydrogen) atoms. The van der Waals surface area contributed by atoms with E-state index >= 15 is 0 Å². The van der Waals surface area contributed by atoms with E-state index in [1.165, 1.54) is 30.3 Å². The van der Waals surface area contributed by atoms with Gasteiger partial charge in [0.15, 0.2) is 9.84 Å². The topological polar surface area (TPSA) is 68.3 Å². The predicted octanol–water partition coefficient (Wildman–Crippen LogP) is 4.19. The van der Waals surface area contributed by atoms with Crippen molar-refractivity contribution >= 4 is 55.1 Å². The van der Waals surface area contributed by atoms with E-state index in [1.807, 2.05) is 0 Å². The largest absolute Gasteiger partial charge is 0.276 e. The number of sulfone groups is 1. The molecule has 2 aromatic rings. The van der Waals surface area contributed by atoms with Crippen LogP contribution in [0.25, 0.3) is 0 Å². The van der Waals surface area contributed by atoms with Crippen LogP contribution in [0.1, 0.15) is 20.7 Å². The third-order valence-electron chi connectivity index (χ3n) is 2.56. The summed E-state index contributed by atoms with van der Waals surface area (Å²) in [4.78, 5) is 21.3. The SMILES string of the molecule is CS(=O)(=O)c1ccc(C(=O)Cl)cc1.O=C(Cl)c1cccc(Cl)c1. The van der Waals surface area contributed by atoms with Gasteiger partial charge in [0.2, 0.25) is 0 Å². The van der Waals surface area contributed by atoms with Crippen molar-refractivity contribution in [1.29, 1.82) is 0 Å². The molecule has 0 amide bonds. The summed E-state index contributed by atoms with van der Waals surface area (Å²) in [6.07, 6.45) is 1.10. The zero-order valence-electron chi connectivity index (χ0n) is 11.8. The number of carbonyl (C=O) groups is 2. The van der Waals surface area contributed by atoms with Gasteiger partial charge in [-0.15, -0.1) is 0 Å². The van der Waals surface area contributed by atoms with Crippen molar-refractivity contribution in [3.05, 3.63) is 64.7 Å². The van der Waals surface area contributed by atoms with E-state index in [4.69, 9.17) is 34.8 Å². The molecule has 2 rings (SSSR count). The zero-order valence-corrected chi connectivity index (χ0v) is 14.9. The third kappa shape index (κ3) is 6.71. The summed E-state index contributed by atoms with van der Waals surface area (Å²) < 4.78 is 22.0. The molecule has 0 fully saturated rings. The van der Waals surface area contributed by atoms with E-state index in [1.54, 1.807) is 18.2 Å². The highest BCUT2D eigenvalue weighted by atomic mass is 35.5. The first-order valence-corrected chi connectivity index (χ1v) is 9.09. The van der Waals surface area contributed by atoms with Crippen molar-refractivity contribution < 1.29 is 18.0 Å². The molecule has 0 saturated carbocycles. The van der Waals surface area contributed by atoms with Crippen molar-refractivity contribution in [3.63, 3.8) is 0 Å². The van der Waals surface area contributed by atoms with Gasteiger partial charge in [0.1, 0.15) is 0 Å². The van der Waals surface area contributed by atoms with Gasteiger partial charge in [-0.2, -0.15) is 0 Å². The first-order chi connectivity index (χ1) is 10.6. The summed E-state index contributed by atoms with van der Waals surface area (Å²) in [5, 5.41) is -0.561. The maximum absolute atomic E-state index is 11.0. The van der Waals surface area contributed by atoms with Crippen LogP contribution in [-0.2, 0) is 9.84 Å². The zero-order chi connectivity index (χ0) is 17.6. The Morgan fingerprint density at radius 2 is 1.39 bits per heavy atom. The van der Waals surface area contributed by atoms with Crippen molar-refractivity contribution in [1.82, 2.24) is 0 Å². The van der Waals surface area contributed by atoms with Crippen molar-refractivity contribution in [2.75, 3.05) is 6.26 Å². The van der Waals surface area contributed by atoms with Crippen LogP contribution in [0.4, 0.5) is 0 Å². The molecule has 0 saturated heterocycles. The number of rotatable bonds is 3. The van der Waals surface area contributed by atoms with Crippen LogP contribution in [0.3, 0.4) is 0 Å². The minimum atomic E-state index is -3.20. The lowest BCUT2D eigenvalue weighted by Gasteiger charge is -1.97. The average Bonchev–Trinajstić information content (AvgIpc) is 2.47. The first-order valence-electron chi connectivity index (χ1n) is 6.06. The molecule has 122 valence electrons. The first kappa shape index (κ1) is 19.6. The molecule has 0 radical (unpaired) electrons. The molecule has 2 aromatic carbocycles. The van der Waals surface area contributed by atoms with E-state index in [-0.39, 0.29) is 10.5 Å². The molecule has 0 aliphatic heterocycles. The molecule has 8 heteroatoms. The van der Waals surface area contributed by atoms with Gasteiger partial charge >= 0.3 is 0 Å². The number of hydrogen-bond donors (Lipinski definition) is 0. The lowest BCUT2D eigenvalue weighted by Crippen LogP contribution is -1.97. The molecule has 0 heterocycles. The summed E-state index contributed by atoms with van der Waals surface area (Å²) in [5.41, 5.74) is 0.711. The number of benzene rings is 2. The minimum absolute atomic E-state index is 0.175. The van der Waals surface area contributed by atoms with Crippen molar-refractivity contribution in [3.8, 4) is 0 Å². The lowest BCUT2D eigenvalue weighted by molar-refractivity contribution is 0.107. The van der Waals surface area contributed by atoms with E-state index in [9.17, 15) is 18.0 Å². The summed E-state index contributed by atoms with van der Waals surface area (Å²) in [5.74, 6) is 0. The Morgan fingerprint density at radius 1 is 0.870 bits per heavy atom. The Bertz CT molecular complexity index is 815. The number of carbonyl (C=O) groups excluding carboxylic acids is 2. The summed E-state index contributed by atoms with van der Waals surface area (Å²) >= 11 is 15.9. The molecular weight excluding hydrogens is 383 g/mol. The van der Waals surface area contributed by atoms with Gasteiger partial charge in [-0.05, 0) is 65.7 Å². The van der Waals surface area contributed by atoms with E-state index in [2.05, 4.69) is 0 Å². The number of halogens is 3. The van der Waals surface area contributed by atoms with E-state index in [0.717, 1.165) is 6.26 Å². The monoisotopic (exact) mass is 392 g/mol. The molecule has 0 bridgehead atoms. The molecule has 0 spiro atoms. The van der Waals surface area contributed by atoms with Crippen LogP contribution in [-0.4, -0.2) is 25.2 Å². The molecule has 0 unspecified atom stereocenters. The molecule has 0 aromatic heterocycles. The predicted molar refractivity (Wildman–Crippen MR) is 91.4 cm³/mol. The Balaban J connectivity index is 0.000000238. The summed E-state index contributed by atoms with van der Waals surface area (Å²) in [7, 11) is -3.20. The Labute approximate surface area is 148 Å².